The number of amides is 1. The Morgan fingerprint density at radius 3 is 2.72 bits per heavy atom. The summed E-state index contributed by atoms with van der Waals surface area (Å²) in [5, 5.41) is 2.97. The minimum Gasteiger partial charge on any atom is -0.497 e. The van der Waals surface area contributed by atoms with E-state index in [9.17, 15) is 9.59 Å². The number of nitrogens with one attached hydrogen (secondary N) is 1. The monoisotopic (exact) mass is 399 g/mol. The first-order valence-electron chi connectivity index (χ1n) is 8.89. The van der Waals surface area contributed by atoms with Crippen molar-refractivity contribution in [3.63, 3.8) is 0 Å². The maximum Gasteiger partial charge on any atom is 0.404 e. The Hall–Kier alpha value is -3.76. The van der Waals surface area contributed by atoms with Crippen LogP contribution in [0.1, 0.15) is 5.56 Å². The summed E-state index contributed by atoms with van der Waals surface area (Å²) in [5.41, 5.74) is 17.2. The van der Waals surface area contributed by atoms with E-state index < -0.39 is 23.8 Å². The van der Waals surface area contributed by atoms with Gasteiger partial charge in [-0.25, -0.2) is 14.8 Å². The van der Waals surface area contributed by atoms with E-state index in [0.29, 0.717) is 11.3 Å². The van der Waals surface area contributed by atoms with Crippen molar-refractivity contribution >= 4 is 29.9 Å². The molecule has 29 heavy (non-hydrogen) atoms. The number of methoxy groups -OCH3 is 1. The van der Waals surface area contributed by atoms with Gasteiger partial charge < -0.3 is 36.9 Å². The molecule has 0 saturated carbocycles. The molecule has 11 heteroatoms. The average Bonchev–Trinajstić information content (AvgIpc) is 3.18. The molecule has 1 fully saturated rings. The molecule has 4 rings (SSSR count). The van der Waals surface area contributed by atoms with Gasteiger partial charge >= 0.3 is 6.09 Å². The van der Waals surface area contributed by atoms with Crippen molar-refractivity contribution in [2.75, 3.05) is 20.3 Å². The maximum absolute atomic E-state index is 13.5. The minimum atomic E-state index is -1.31. The fourth-order valence-corrected chi connectivity index (χ4v) is 3.94. The summed E-state index contributed by atoms with van der Waals surface area (Å²) in [6, 6.07) is 5.89. The highest BCUT2D eigenvalue weighted by Gasteiger charge is 2.64. The first-order chi connectivity index (χ1) is 13.8. The van der Waals surface area contributed by atoms with E-state index in [4.69, 9.17) is 26.7 Å². The van der Waals surface area contributed by atoms with Crippen molar-refractivity contribution < 1.29 is 19.1 Å². The normalized spacial score (nSPS) is 28.9. The summed E-state index contributed by atoms with van der Waals surface area (Å²) >= 11 is 0. The Morgan fingerprint density at radius 2 is 2.07 bits per heavy atom. The SMILES string of the molecule is COc1ccc(/C=C2/CN3C(N)=N[C@@H](COC(N)=O)[C@H]4N=C(N)N[C@@]43C2=O)cc1. The highest BCUT2D eigenvalue weighted by atomic mass is 16.5. The van der Waals surface area contributed by atoms with Crippen molar-refractivity contribution in [1.82, 2.24) is 10.2 Å². The minimum absolute atomic E-state index is 0.0908. The Kier molecular flexibility index (Phi) is 4.29. The maximum atomic E-state index is 13.5. The highest BCUT2D eigenvalue weighted by molar-refractivity contribution is 6.14. The van der Waals surface area contributed by atoms with Gasteiger partial charge in [-0.3, -0.25) is 4.79 Å². The van der Waals surface area contributed by atoms with Gasteiger partial charge in [-0.05, 0) is 23.8 Å². The second-order valence-electron chi connectivity index (χ2n) is 6.89. The van der Waals surface area contributed by atoms with E-state index in [1.54, 1.807) is 18.1 Å². The van der Waals surface area contributed by atoms with Crippen molar-refractivity contribution in [2.45, 2.75) is 17.7 Å². The Labute approximate surface area is 166 Å². The number of nitrogens with two attached hydrogens (primary N) is 3. The number of Topliss-reactive ketones (excluding diaryl/α,β-unsaturated/α-hetero) is 1. The number of carbonyl (C=O) groups excluding carboxylic acids is 2. The lowest BCUT2D eigenvalue weighted by Gasteiger charge is -2.43. The summed E-state index contributed by atoms with van der Waals surface area (Å²) in [6.45, 7) is 0.0649. The molecular weight excluding hydrogens is 378 g/mol. The van der Waals surface area contributed by atoms with Crippen LogP contribution in [0.3, 0.4) is 0 Å². The number of ketones is 1. The van der Waals surface area contributed by atoms with Gasteiger partial charge in [-0.15, -0.1) is 0 Å². The third-order valence-electron chi connectivity index (χ3n) is 5.21. The number of aliphatic imine (C=N–C) groups is 2. The van der Waals surface area contributed by atoms with Crippen LogP contribution in [0.5, 0.6) is 5.75 Å². The van der Waals surface area contributed by atoms with Crippen LogP contribution in [0.15, 0.2) is 39.8 Å². The number of ether oxygens (including phenoxy) is 2. The predicted octanol–water partition coefficient (Wildman–Crippen LogP) is -1.26. The van der Waals surface area contributed by atoms with E-state index in [0.717, 1.165) is 5.56 Å². The fourth-order valence-electron chi connectivity index (χ4n) is 3.94. The van der Waals surface area contributed by atoms with Gasteiger partial charge in [0.2, 0.25) is 11.4 Å². The van der Waals surface area contributed by atoms with Crippen molar-refractivity contribution in [3.05, 3.63) is 35.4 Å². The molecule has 7 N–H and O–H groups in total. The lowest BCUT2D eigenvalue weighted by molar-refractivity contribution is -0.123. The lowest BCUT2D eigenvalue weighted by atomic mass is 9.89. The zero-order chi connectivity index (χ0) is 20.8. The highest BCUT2D eigenvalue weighted by Crippen LogP contribution is 2.39. The van der Waals surface area contributed by atoms with Crippen molar-refractivity contribution in [1.29, 1.82) is 0 Å². The fraction of sp³-hybridized carbons (Fsp3) is 0.333. The summed E-state index contributed by atoms with van der Waals surface area (Å²) < 4.78 is 10.0. The van der Waals surface area contributed by atoms with Crippen molar-refractivity contribution in [2.24, 2.45) is 27.2 Å². The molecule has 0 radical (unpaired) electrons. The number of carbonyl (C=O) groups is 2. The molecule has 0 aromatic heterocycles. The quantitative estimate of drug-likeness (QED) is 0.454. The number of nitrogens with zero attached hydrogens (tertiary/aromatic N) is 3. The van der Waals surface area contributed by atoms with E-state index in [2.05, 4.69) is 15.3 Å². The van der Waals surface area contributed by atoms with Gasteiger partial charge in [-0.2, -0.15) is 0 Å². The van der Waals surface area contributed by atoms with E-state index in [-0.39, 0.29) is 30.9 Å². The van der Waals surface area contributed by atoms with E-state index in [1.807, 2.05) is 24.3 Å². The summed E-state index contributed by atoms with van der Waals surface area (Å²) in [5.74, 6) is 0.717. The molecule has 0 aliphatic carbocycles. The molecule has 3 heterocycles. The number of hydrogen-bond acceptors (Lipinski definition) is 10. The summed E-state index contributed by atoms with van der Waals surface area (Å²) in [6.07, 6.45) is 0.834. The second-order valence-corrected chi connectivity index (χ2v) is 6.89. The van der Waals surface area contributed by atoms with Crippen LogP contribution in [0.25, 0.3) is 6.08 Å². The van der Waals surface area contributed by atoms with Crippen LogP contribution < -0.4 is 27.3 Å². The number of benzene rings is 1. The number of hydrogen-bond donors (Lipinski definition) is 4. The summed E-state index contributed by atoms with van der Waals surface area (Å²) in [7, 11) is 1.59. The zero-order valence-corrected chi connectivity index (χ0v) is 15.7. The third kappa shape index (κ3) is 2.91. The topological polar surface area (TPSA) is 171 Å². The largest absolute Gasteiger partial charge is 0.497 e. The number of guanidine groups is 2. The van der Waals surface area contributed by atoms with Gasteiger partial charge in [-0.1, -0.05) is 12.1 Å². The molecule has 11 nitrogen and oxygen atoms in total. The molecule has 3 atom stereocenters. The van der Waals surface area contributed by atoms with Gasteiger partial charge in [0.25, 0.3) is 0 Å². The van der Waals surface area contributed by atoms with Crippen LogP contribution in [0, 0.1) is 0 Å². The molecule has 3 aliphatic rings. The van der Waals surface area contributed by atoms with Crippen LogP contribution in [-0.2, 0) is 9.53 Å². The Morgan fingerprint density at radius 1 is 1.34 bits per heavy atom. The molecule has 1 aromatic rings. The van der Waals surface area contributed by atoms with E-state index in [1.165, 1.54) is 0 Å². The van der Waals surface area contributed by atoms with Crippen LogP contribution in [-0.4, -0.2) is 66.7 Å². The van der Waals surface area contributed by atoms with Gasteiger partial charge in [0.05, 0.1) is 13.7 Å². The molecule has 0 bridgehead atoms. The average molecular weight is 399 g/mol. The summed E-state index contributed by atoms with van der Waals surface area (Å²) in [4.78, 5) is 34.8. The Balaban J connectivity index is 1.69. The predicted molar refractivity (Wildman–Crippen MR) is 105 cm³/mol. The number of primary amides is 1. The van der Waals surface area contributed by atoms with Gasteiger partial charge in [0, 0.05) is 5.57 Å². The molecule has 0 unspecified atom stereocenters. The van der Waals surface area contributed by atoms with Crippen LogP contribution in [0.4, 0.5) is 4.79 Å². The molecule has 1 amide bonds. The van der Waals surface area contributed by atoms with Gasteiger partial charge in [0.15, 0.2) is 11.9 Å². The molecular formula is C18H21N7O4. The number of rotatable bonds is 4. The van der Waals surface area contributed by atoms with Crippen molar-refractivity contribution in [3.8, 4) is 5.75 Å². The molecule has 3 aliphatic heterocycles. The van der Waals surface area contributed by atoms with E-state index >= 15 is 0 Å². The van der Waals surface area contributed by atoms with Gasteiger partial charge in [0.1, 0.15) is 24.4 Å². The van der Waals surface area contributed by atoms with Crippen LogP contribution >= 0.6 is 0 Å². The third-order valence-corrected chi connectivity index (χ3v) is 5.21. The zero-order valence-electron chi connectivity index (χ0n) is 15.7. The molecule has 1 saturated heterocycles. The second kappa shape index (κ2) is 6.69. The smallest absolute Gasteiger partial charge is 0.404 e. The standard InChI is InChI=1S/C18H21N7O4/c1-28-11-4-2-9(3-5-11)6-10-7-25-16(20)22-12(8-29-17(21)27)13-18(25,14(10)26)24-15(19)23-13/h2-6,12-13H,7-8H2,1H3,(H2,20,22)(H2,21,27)(H3,19,23,24)/b10-6-/t12-,13+,18-/m0/s1. The first kappa shape index (κ1) is 18.6. The molecule has 152 valence electrons. The first-order valence-corrected chi connectivity index (χ1v) is 8.89. The Bertz CT molecular complexity index is 955. The molecule has 1 aromatic carbocycles. The molecule has 1 spiro atoms. The van der Waals surface area contributed by atoms with Crippen LogP contribution in [0.2, 0.25) is 0 Å². The lowest BCUT2D eigenvalue weighted by Crippen LogP contribution is -2.71.